The molecule has 6 heteroatoms. The molecule has 0 amide bonds. The molecule has 4 nitrogen and oxygen atoms in total. The molecule has 0 aliphatic rings. The lowest BCUT2D eigenvalue weighted by Crippen LogP contribution is -2.37. The van der Waals surface area contributed by atoms with Crippen LogP contribution in [-0.4, -0.2) is 38.2 Å². The normalized spacial score (nSPS) is 12.4. The Morgan fingerprint density at radius 2 is 1.75 bits per heavy atom. The summed E-state index contributed by atoms with van der Waals surface area (Å²) in [6.07, 6.45) is 0. The lowest BCUT2D eigenvalue weighted by molar-refractivity contribution is 0.409. The maximum Gasteiger partial charge on any atom is 0.281 e. The number of hydrogen-bond donors (Lipinski definition) is 0. The standard InChI is InChI=1S/C10H15FN2O2S/c1-12(2)16(14,15)13(3)8-9-6-4-5-7-10(9)11/h4-7H,8H2,1-3H3. The van der Waals surface area contributed by atoms with E-state index in [1.807, 2.05) is 0 Å². The number of nitrogens with zero attached hydrogens (tertiary/aromatic N) is 2. The molecule has 16 heavy (non-hydrogen) atoms. The SMILES string of the molecule is CN(C)S(=O)(=O)N(C)Cc1ccccc1F. The minimum absolute atomic E-state index is 0.0210. The van der Waals surface area contributed by atoms with Gasteiger partial charge in [0, 0.05) is 33.3 Å². The molecule has 90 valence electrons. The van der Waals surface area contributed by atoms with Crippen molar-refractivity contribution in [1.29, 1.82) is 0 Å². The van der Waals surface area contributed by atoms with E-state index in [1.54, 1.807) is 18.2 Å². The highest BCUT2D eigenvalue weighted by molar-refractivity contribution is 7.86. The molecule has 0 bridgehead atoms. The first kappa shape index (κ1) is 13.1. The third-order valence-corrected chi connectivity index (χ3v) is 4.05. The van der Waals surface area contributed by atoms with Gasteiger partial charge in [0.25, 0.3) is 10.2 Å². The average Bonchev–Trinajstić information content (AvgIpc) is 2.21. The minimum atomic E-state index is -3.49. The third-order valence-electron chi connectivity index (χ3n) is 2.21. The van der Waals surface area contributed by atoms with Gasteiger partial charge in [-0.1, -0.05) is 18.2 Å². The molecule has 0 spiro atoms. The number of hydrogen-bond acceptors (Lipinski definition) is 2. The van der Waals surface area contributed by atoms with Crippen molar-refractivity contribution in [1.82, 2.24) is 8.61 Å². The summed E-state index contributed by atoms with van der Waals surface area (Å²) in [4.78, 5) is 0. The van der Waals surface area contributed by atoms with Crippen molar-refractivity contribution in [3.05, 3.63) is 35.6 Å². The molecular weight excluding hydrogens is 231 g/mol. The summed E-state index contributed by atoms with van der Waals surface area (Å²) >= 11 is 0. The zero-order valence-electron chi connectivity index (χ0n) is 9.51. The Bertz CT molecular complexity index is 460. The van der Waals surface area contributed by atoms with E-state index in [2.05, 4.69) is 0 Å². The van der Waals surface area contributed by atoms with Gasteiger partial charge in [-0.3, -0.25) is 0 Å². The van der Waals surface area contributed by atoms with Crippen molar-refractivity contribution < 1.29 is 12.8 Å². The van der Waals surface area contributed by atoms with Crippen LogP contribution in [0.2, 0.25) is 0 Å². The van der Waals surface area contributed by atoms with Gasteiger partial charge in [0.15, 0.2) is 0 Å². The Labute approximate surface area is 95.5 Å². The Balaban J connectivity index is 2.88. The Hall–Kier alpha value is -0.980. The third kappa shape index (κ3) is 2.78. The van der Waals surface area contributed by atoms with Gasteiger partial charge in [-0.05, 0) is 6.07 Å². The highest BCUT2D eigenvalue weighted by atomic mass is 32.2. The first-order chi connectivity index (χ1) is 7.35. The summed E-state index contributed by atoms with van der Waals surface area (Å²) in [6.45, 7) is 0.0210. The molecular formula is C10H15FN2O2S. The van der Waals surface area contributed by atoms with E-state index in [1.165, 1.54) is 27.2 Å². The number of rotatable bonds is 4. The van der Waals surface area contributed by atoms with E-state index in [0.29, 0.717) is 5.56 Å². The number of halogens is 1. The van der Waals surface area contributed by atoms with Crippen molar-refractivity contribution >= 4 is 10.2 Å². The molecule has 0 saturated heterocycles. The molecule has 0 unspecified atom stereocenters. The Morgan fingerprint density at radius 1 is 1.19 bits per heavy atom. The molecule has 0 radical (unpaired) electrons. The van der Waals surface area contributed by atoms with Crippen molar-refractivity contribution in [2.75, 3.05) is 21.1 Å². The summed E-state index contributed by atoms with van der Waals surface area (Å²) < 4.78 is 38.8. The molecule has 0 saturated carbocycles. The van der Waals surface area contributed by atoms with Crippen LogP contribution in [0.3, 0.4) is 0 Å². The van der Waals surface area contributed by atoms with Gasteiger partial charge in [0.1, 0.15) is 5.82 Å². The van der Waals surface area contributed by atoms with Crippen molar-refractivity contribution in [2.24, 2.45) is 0 Å². The lowest BCUT2D eigenvalue weighted by Gasteiger charge is -2.21. The predicted molar refractivity (Wildman–Crippen MR) is 60.5 cm³/mol. The summed E-state index contributed by atoms with van der Waals surface area (Å²) in [7, 11) is 0.802. The molecule has 0 fully saturated rings. The van der Waals surface area contributed by atoms with Gasteiger partial charge < -0.3 is 0 Å². The highest BCUT2D eigenvalue weighted by Gasteiger charge is 2.21. The van der Waals surface area contributed by atoms with Crippen LogP contribution >= 0.6 is 0 Å². The highest BCUT2D eigenvalue weighted by Crippen LogP contribution is 2.12. The van der Waals surface area contributed by atoms with E-state index in [0.717, 1.165) is 8.61 Å². The van der Waals surface area contributed by atoms with Crippen LogP contribution in [0.4, 0.5) is 4.39 Å². The summed E-state index contributed by atoms with van der Waals surface area (Å²) in [6, 6.07) is 6.12. The second-order valence-electron chi connectivity index (χ2n) is 3.64. The van der Waals surface area contributed by atoms with Crippen LogP contribution in [0.1, 0.15) is 5.56 Å². The van der Waals surface area contributed by atoms with Gasteiger partial charge in [0.2, 0.25) is 0 Å². The first-order valence-electron chi connectivity index (χ1n) is 4.73. The second-order valence-corrected chi connectivity index (χ2v) is 5.89. The fraction of sp³-hybridized carbons (Fsp3) is 0.400. The van der Waals surface area contributed by atoms with Crippen LogP contribution in [0.15, 0.2) is 24.3 Å². The van der Waals surface area contributed by atoms with E-state index < -0.39 is 16.0 Å². The minimum Gasteiger partial charge on any atom is -0.207 e. The molecule has 0 heterocycles. The van der Waals surface area contributed by atoms with Gasteiger partial charge in [-0.25, -0.2) is 4.39 Å². The maximum absolute atomic E-state index is 13.3. The van der Waals surface area contributed by atoms with Crippen molar-refractivity contribution in [3.8, 4) is 0 Å². The quantitative estimate of drug-likeness (QED) is 0.797. The molecule has 0 aliphatic heterocycles. The van der Waals surface area contributed by atoms with Crippen molar-refractivity contribution in [3.63, 3.8) is 0 Å². The fourth-order valence-electron chi connectivity index (χ4n) is 1.23. The molecule has 1 rings (SSSR count). The molecule has 0 aromatic heterocycles. The predicted octanol–water partition coefficient (Wildman–Crippen LogP) is 1.06. The topological polar surface area (TPSA) is 40.6 Å². The monoisotopic (exact) mass is 246 g/mol. The smallest absolute Gasteiger partial charge is 0.207 e. The molecule has 1 aromatic rings. The summed E-state index contributed by atoms with van der Waals surface area (Å²) in [5.41, 5.74) is 0.357. The van der Waals surface area contributed by atoms with Crippen LogP contribution in [0.5, 0.6) is 0 Å². The van der Waals surface area contributed by atoms with Gasteiger partial charge in [0.05, 0.1) is 0 Å². The summed E-state index contributed by atoms with van der Waals surface area (Å²) in [5, 5.41) is 0. The zero-order chi connectivity index (χ0) is 12.3. The van der Waals surface area contributed by atoms with E-state index in [4.69, 9.17) is 0 Å². The molecule has 1 aromatic carbocycles. The first-order valence-corrected chi connectivity index (χ1v) is 6.12. The van der Waals surface area contributed by atoms with E-state index in [-0.39, 0.29) is 6.54 Å². The summed E-state index contributed by atoms with van der Waals surface area (Å²) in [5.74, 6) is -0.400. The Kier molecular flexibility index (Phi) is 4.01. The van der Waals surface area contributed by atoms with Crippen LogP contribution in [-0.2, 0) is 16.8 Å². The van der Waals surface area contributed by atoms with Gasteiger partial charge >= 0.3 is 0 Å². The largest absolute Gasteiger partial charge is 0.281 e. The maximum atomic E-state index is 13.3. The van der Waals surface area contributed by atoms with Gasteiger partial charge in [-0.2, -0.15) is 17.0 Å². The lowest BCUT2D eigenvalue weighted by atomic mass is 10.2. The van der Waals surface area contributed by atoms with Crippen LogP contribution in [0, 0.1) is 5.82 Å². The molecule has 0 N–H and O–H groups in total. The van der Waals surface area contributed by atoms with Crippen molar-refractivity contribution in [2.45, 2.75) is 6.54 Å². The second kappa shape index (κ2) is 4.90. The Morgan fingerprint density at radius 3 is 2.25 bits per heavy atom. The number of benzene rings is 1. The van der Waals surface area contributed by atoms with E-state index >= 15 is 0 Å². The van der Waals surface area contributed by atoms with Crippen LogP contribution in [0.25, 0.3) is 0 Å². The van der Waals surface area contributed by atoms with E-state index in [9.17, 15) is 12.8 Å². The average molecular weight is 246 g/mol. The van der Waals surface area contributed by atoms with Crippen LogP contribution < -0.4 is 0 Å². The van der Waals surface area contributed by atoms with Gasteiger partial charge in [-0.15, -0.1) is 0 Å². The molecule has 0 atom stereocenters. The fourth-order valence-corrected chi connectivity index (χ4v) is 2.09. The zero-order valence-corrected chi connectivity index (χ0v) is 10.3. The molecule has 0 aliphatic carbocycles.